The number of hydrogen-bond donors (Lipinski definition) is 0. The number of carbonyl (C=O) groups excluding carboxylic acids is 1. The molecule has 1 amide bonds. The average molecular weight is 149 g/mol. The van der Waals surface area contributed by atoms with E-state index in [1.807, 2.05) is 0 Å². The summed E-state index contributed by atoms with van der Waals surface area (Å²) in [5.74, 6) is 0.673. The zero-order valence-electron chi connectivity index (χ0n) is 5.65. The summed E-state index contributed by atoms with van der Waals surface area (Å²) in [5.41, 5.74) is 0. The van der Waals surface area contributed by atoms with E-state index in [-0.39, 0.29) is 12.5 Å². The number of amides is 1. The van der Waals surface area contributed by atoms with Gasteiger partial charge in [-0.05, 0) is 12.1 Å². The summed E-state index contributed by atoms with van der Waals surface area (Å²) < 4.78 is 5.03. The molecular weight excluding hydrogens is 144 g/mol. The summed E-state index contributed by atoms with van der Waals surface area (Å²) in [7, 11) is 0. The van der Waals surface area contributed by atoms with Crippen LogP contribution >= 0.6 is 0 Å². The molecule has 2 rings (SSSR count). The molecule has 0 atom stereocenters. The Morgan fingerprint density at radius 3 is 3.36 bits per heavy atom. The summed E-state index contributed by atoms with van der Waals surface area (Å²) in [6, 6.07) is 3.47. The van der Waals surface area contributed by atoms with Crippen LogP contribution in [0.1, 0.15) is 0 Å². The van der Waals surface area contributed by atoms with Crippen molar-refractivity contribution in [1.82, 2.24) is 10.3 Å². The first-order chi connectivity index (χ1) is 5.36. The highest BCUT2D eigenvalue weighted by molar-refractivity contribution is 5.84. The fourth-order valence-electron chi connectivity index (χ4n) is 0.869. The number of rotatable bonds is 0. The van der Waals surface area contributed by atoms with Crippen LogP contribution in [0.5, 0.6) is 5.75 Å². The van der Waals surface area contributed by atoms with Gasteiger partial charge in [0.05, 0.1) is 0 Å². The van der Waals surface area contributed by atoms with E-state index in [1.165, 1.54) is 0 Å². The number of nitrogens with zero attached hydrogens (tertiary/aromatic N) is 2. The molecule has 0 N–H and O–H groups in total. The van der Waals surface area contributed by atoms with Gasteiger partial charge in [-0.3, -0.25) is 4.79 Å². The Hall–Kier alpha value is -1.58. The highest BCUT2D eigenvalue weighted by Crippen LogP contribution is 2.23. The summed E-state index contributed by atoms with van der Waals surface area (Å²) in [4.78, 5) is 14.6. The highest BCUT2D eigenvalue weighted by atomic mass is 16.5. The van der Waals surface area contributed by atoms with Crippen LogP contribution in [0.3, 0.4) is 0 Å². The lowest BCUT2D eigenvalue weighted by atomic mass is 10.4. The van der Waals surface area contributed by atoms with Crippen molar-refractivity contribution in [1.29, 1.82) is 0 Å². The molecule has 0 fully saturated rings. The second kappa shape index (κ2) is 2.23. The van der Waals surface area contributed by atoms with Gasteiger partial charge in [-0.2, -0.15) is 5.32 Å². The van der Waals surface area contributed by atoms with Gasteiger partial charge in [0.25, 0.3) is 5.91 Å². The SMILES string of the molecule is O=C1COc2cccnc2[N]1. The van der Waals surface area contributed by atoms with Gasteiger partial charge in [-0.1, -0.05) is 0 Å². The largest absolute Gasteiger partial charge is 0.480 e. The Balaban J connectivity index is 2.41. The molecule has 1 aliphatic rings. The van der Waals surface area contributed by atoms with E-state index in [4.69, 9.17) is 4.74 Å². The molecule has 4 nitrogen and oxygen atoms in total. The maximum absolute atomic E-state index is 10.7. The number of carbonyl (C=O) groups is 1. The van der Waals surface area contributed by atoms with E-state index < -0.39 is 0 Å². The van der Waals surface area contributed by atoms with E-state index in [2.05, 4.69) is 10.3 Å². The molecule has 0 saturated carbocycles. The smallest absolute Gasteiger partial charge is 0.285 e. The van der Waals surface area contributed by atoms with Crippen LogP contribution in [-0.4, -0.2) is 17.5 Å². The van der Waals surface area contributed by atoms with Crippen LogP contribution in [0.2, 0.25) is 0 Å². The molecule has 1 aromatic heterocycles. The molecule has 1 radical (unpaired) electrons. The lowest BCUT2D eigenvalue weighted by Crippen LogP contribution is -2.25. The van der Waals surface area contributed by atoms with E-state index in [0.29, 0.717) is 11.6 Å². The fraction of sp³-hybridized carbons (Fsp3) is 0.143. The second-order valence-corrected chi connectivity index (χ2v) is 2.12. The van der Waals surface area contributed by atoms with Crippen LogP contribution in [-0.2, 0) is 4.79 Å². The molecule has 11 heavy (non-hydrogen) atoms. The van der Waals surface area contributed by atoms with Gasteiger partial charge in [0.2, 0.25) is 0 Å². The van der Waals surface area contributed by atoms with Gasteiger partial charge in [0.1, 0.15) is 0 Å². The lowest BCUT2D eigenvalue weighted by molar-refractivity contribution is -0.123. The number of pyridine rings is 1. The van der Waals surface area contributed by atoms with Gasteiger partial charge in [0.15, 0.2) is 18.2 Å². The quantitative estimate of drug-likeness (QED) is 0.530. The van der Waals surface area contributed by atoms with Crippen LogP contribution in [0.25, 0.3) is 0 Å². The van der Waals surface area contributed by atoms with Crippen molar-refractivity contribution in [3.05, 3.63) is 18.3 Å². The minimum atomic E-state index is -0.281. The van der Waals surface area contributed by atoms with Crippen LogP contribution < -0.4 is 10.1 Å². The molecule has 0 aliphatic carbocycles. The van der Waals surface area contributed by atoms with Crippen molar-refractivity contribution in [3.8, 4) is 5.75 Å². The second-order valence-electron chi connectivity index (χ2n) is 2.12. The van der Waals surface area contributed by atoms with Crippen molar-refractivity contribution in [2.24, 2.45) is 0 Å². The molecule has 55 valence electrons. The van der Waals surface area contributed by atoms with E-state index >= 15 is 0 Å². The molecule has 2 heterocycles. The highest BCUT2D eigenvalue weighted by Gasteiger charge is 2.17. The summed E-state index contributed by atoms with van der Waals surface area (Å²) in [6.45, 7) is 0.0265. The topological polar surface area (TPSA) is 53.3 Å². The fourth-order valence-corrected chi connectivity index (χ4v) is 0.869. The molecule has 0 bridgehead atoms. The van der Waals surface area contributed by atoms with Gasteiger partial charge in [-0.25, -0.2) is 4.98 Å². The van der Waals surface area contributed by atoms with Gasteiger partial charge in [0, 0.05) is 6.20 Å². The summed E-state index contributed by atoms with van der Waals surface area (Å²) in [6.07, 6.45) is 1.57. The van der Waals surface area contributed by atoms with Crippen LogP contribution in [0.15, 0.2) is 18.3 Å². The first kappa shape index (κ1) is 6.15. The maximum Gasteiger partial charge on any atom is 0.285 e. The molecule has 4 heteroatoms. The molecule has 0 spiro atoms. The molecule has 0 aromatic carbocycles. The van der Waals surface area contributed by atoms with Crippen molar-refractivity contribution < 1.29 is 9.53 Å². The Morgan fingerprint density at radius 1 is 1.55 bits per heavy atom. The van der Waals surface area contributed by atoms with E-state index in [1.54, 1.807) is 18.3 Å². The molecule has 0 unspecified atom stereocenters. The maximum atomic E-state index is 10.7. The molecule has 0 saturated heterocycles. The van der Waals surface area contributed by atoms with Gasteiger partial charge < -0.3 is 4.74 Å². The number of ether oxygens (including phenoxy) is 1. The molecule has 1 aliphatic heterocycles. The number of hydrogen-bond acceptors (Lipinski definition) is 3. The van der Waals surface area contributed by atoms with Gasteiger partial charge >= 0.3 is 0 Å². The summed E-state index contributed by atoms with van der Waals surface area (Å²) in [5, 5.41) is 3.67. The average Bonchev–Trinajstić information content (AvgIpc) is 2.04. The lowest BCUT2D eigenvalue weighted by Gasteiger charge is -2.13. The minimum Gasteiger partial charge on any atom is -0.480 e. The Morgan fingerprint density at radius 2 is 2.45 bits per heavy atom. The Labute approximate surface area is 63.2 Å². The minimum absolute atomic E-state index is 0.0265. The van der Waals surface area contributed by atoms with Crippen molar-refractivity contribution in [2.45, 2.75) is 0 Å². The standard InChI is InChI=1S/C7H5N2O2/c10-6-4-11-5-2-1-3-8-7(5)9-6/h1-3H,4H2. The van der Waals surface area contributed by atoms with Crippen molar-refractivity contribution >= 4 is 11.7 Å². The predicted octanol–water partition coefficient (Wildman–Crippen LogP) is 0.236. The molecular formula is C7H5N2O2. The van der Waals surface area contributed by atoms with Crippen LogP contribution in [0.4, 0.5) is 5.82 Å². The normalized spacial score (nSPS) is 14.7. The summed E-state index contributed by atoms with van der Waals surface area (Å²) >= 11 is 0. The number of aromatic nitrogens is 1. The Kier molecular flexibility index (Phi) is 1.25. The number of fused-ring (bicyclic) bond motifs is 1. The first-order valence-corrected chi connectivity index (χ1v) is 3.18. The third-order valence-electron chi connectivity index (χ3n) is 1.33. The zero-order chi connectivity index (χ0) is 7.68. The predicted molar refractivity (Wildman–Crippen MR) is 36.5 cm³/mol. The third-order valence-corrected chi connectivity index (χ3v) is 1.33. The van der Waals surface area contributed by atoms with Crippen molar-refractivity contribution in [3.63, 3.8) is 0 Å². The van der Waals surface area contributed by atoms with Crippen LogP contribution in [0, 0.1) is 0 Å². The first-order valence-electron chi connectivity index (χ1n) is 3.18. The van der Waals surface area contributed by atoms with Crippen molar-refractivity contribution in [2.75, 3.05) is 6.61 Å². The monoisotopic (exact) mass is 149 g/mol. The Bertz CT molecular complexity index is 298. The van der Waals surface area contributed by atoms with E-state index in [0.717, 1.165) is 0 Å². The van der Waals surface area contributed by atoms with E-state index in [9.17, 15) is 4.79 Å². The van der Waals surface area contributed by atoms with Gasteiger partial charge in [-0.15, -0.1) is 0 Å². The zero-order valence-corrected chi connectivity index (χ0v) is 5.65. The molecule has 1 aromatic rings. The third kappa shape index (κ3) is 1.02.